The van der Waals surface area contributed by atoms with Crippen LogP contribution in [0.15, 0.2) is 35.9 Å². The van der Waals surface area contributed by atoms with Gasteiger partial charge < -0.3 is 15.4 Å². The normalized spacial score (nSPS) is 13.6. The average Bonchev–Trinajstić information content (AvgIpc) is 3.02. The highest BCUT2D eigenvalue weighted by Crippen LogP contribution is 2.16. The number of hydrogen-bond acceptors (Lipinski definition) is 5. The second-order valence-electron chi connectivity index (χ2n) is 5.63. The Morgan fingerprint density at radius 2 is 2.12 bits per heavy atom. The zero-order chi connectivity index (χ0) is 16.9. The van der Waals surface area contributed by atoms with Crippen LogP contribution < -0.4 is 15.4 Å². The van der Waals surface area contributed by atoms with Gasteiger partial charge in [-0.05, 0) is 44.2 Å². The van der Waals surface area contributed by atoms with Gasteiger partial charge in [-0.15, -0.1) is 17.5 Å². The molecule has 3 rings (SSSR count). The van der Waals surface area contributed by atoms with Crippen LogP contribution in [0.3, 0.4) is 0 Å². The number of amides is 1. The van der Waals surface area contributed by atoms with Crippen LogP contribution in [-0.2, 0) is 0 Å². The molecular formula is C17H22ClN5O2. The molecule has 7 nitrogen and oxygen atoms in total. The number of nitrogens with one attached hydrogen (secondary N) is 2. The van der Waals surface area contributed by atoms with Crippen molar-refractivity contribution in [3.63, 3.8) is 0 Å². The van der Waals surface area contributed by atoms with Crippen LogP contribution in [-0.4, -0.2) is 47.6 Å². The van der Waals surface area contributed by atoms with E-state index in [9.17, 15) is 4.79 Å². The monoisotopic (exact) mass is 363 g/mol. The first-order chi connectivity index (χ1) is 11.7. The van der Waals surface area contributed by atoms with E-state index in [4.69, 9.17) is 4.74 Å². The molecule has 25 heavy (non-hydrogen) atoms. The molecule has 0 saturated carbocycles. The van der Waals surface area contributed by atoms with Gasteiger partial charge in [0.1, 0.15) is 5.75 Å². The lowest BCUT2D eigenvalue weighted by Crippen LogP contribution is -2.30. The van der Waals surface area contributed by atoms with E-state index in [0.717, 1.165) is 30.9 Å². The van der Waals surface area contributed by atoms with Crippen molar-refractivity contribution < 1.29 is 9.53 Å². The van der Waals surface area contributed by atoms with Crippen LogP contribution >= 0.6 is 12.4 Å². The van der Waals surface area contributed by atoms with Crippen LogP contribution in [0.2, 0.25) is 0 Å². The summed E-state index contributed by atoms with van der Waals surface area (Å²) in [6.07, 6.45) is 3.07. The molecule has 0 spiro atoms. The fourth-order valence-electron chi connectivity index (χ4n) is 2.62. The molecule has 8 heteroatoms. The Morgan fingerprint density at radius 1 is 1.36 bits per heavy atom. The number of carbonyl (C=O) groups is 1. The summed E-state index contributed by atoms with van der Waals surface area (Å²) in [6, 6.07) is 7.45. The van der Waals surface area contributed by atoms with Crippen LogP contribution in [0.5, 0.6) is 5.75 Å². The van der Waals surface area contributed by atoms with Gasteiger partial charge in [0.15, 0.2) is 5.69 Å². The minimum Gasteiger partial charge on any atom is -0.497 e. The van der Waals surface area contributed by atoms with E-state index in [2.05, 4.69) is 27.0 Å². The Hall–Kier alpha value is -2.38. The molecule has 1 aromatic heterocycles. The maximum atomic E-state index is 12.4. The number of halogens is 1. The molecule has 2 N–H and O–H groups in total. The van der Waals surface area contributed by atoms with Gasteiger partial charge in [0.25, 0.3) is 5.91 Å². The number of aromatic nitrogens is 3. The Labute approximate surface area is 152 Å². The van der Waals surface area contributed by atoms with Crippen LogP contribution in [0.25, 0.3) is 5.69 Å². The van der Waals surface area contributed by atoms with E-state index in [1.54, 1.807) is 11.8 Å². The van der Waals surface area contributed by atoms with E-state index in [1.807, 2.05) is 31.2 Å². The molecule has 2 heterocycles. The summed E-state index contributed by atoms with van der Waals surface area (Å²) in [4.78, 5) is 12.4. The Balaban J connectivity index is 0.00000225. The van der Waals surface area contributed by atoms with Gasteiger partial charge >= 0.3 is 0 Å². The van der Waals surface area contributed by atoms with Crippen LogP contribution in [0, 0.1) is 6.92 Å². The molecule has 0 bridgehead atoms. The van der Waals surface area contributed by atoms with Crippen molar-refractivity contribution in [2.45, 2.75) is 13.3 Å². The van der Waals surface area contributed by atoms with Crippen molar-refractivity contribution in [1.82, 2.24) is 25.6 Å². The average molecular weight is 364 g/mol. The molecule has 1 amide bonds. The summed E-state index contributed by atoms with van der Waals surface area (Å²) in [5.74, 6) is 0.566. The first kappa shape index (κ1) is 19.0. The number of benzene rings is 1. The summed E-state index contributed by atoms with van der Waals surface area (Å²) in [7, 11) is 1.62. The molecule has 0 unspecified atom stereocenters. The van der Waals surface area contributed by atoms with Crippen molar-refractivity contribution in [2.75, 3.05) is 26.7 Å². The predicted octanol–water partition coefficient (Wildman–Crippen LogP) is 1.66. The van der Waals surface area contributed by atoms with Crippen LogP contribution in [0.1, 0.15) is 22.6 Å². The van der Waals surface area contributed by atoms with Gasteiger partial charge in [-0.3, -0.25) is 4.79 Å². The smallest absolute Gasteiger partial charge is 0.274 e. The molecule has 0 radical (unpaired) electrons. The number of nitrogens with zero attached hydrogens (tertiary/aromatic N) is 3. The molecule has 2 aromatic rings. The van der Waals surface area contributed by atoms with Crippen molar-refractivity contribution in [3.05, 3.63) is 47.3 Å². The Morgan fingerprint density at radius 3 is 2.76 bits per heavy atom. The fourth-order valence-corrected chi connectivity index (χ4v) is 2.62. The zero-order valence-corrected chi connectivity index (χ0v) is 15.1. The first-order valence-electron chi connectivity index (χ1n) is 7.92. The number of carbonyl (C=O) groups excluding carboxylic acids is 1. The maximum Gasteiger partial charge on any atom is 0.274 e. The molecule has 1 aliphatic rings. The zero-order valence-electron chi connectivity index (χ0n) is 14.3. The quantitative estimate of drug-likeness (QED) is 0.789. The molecule has 0 aliphatic carbocycles. The lowest BCUT2D eigenvalue weighted by Gasteiger charge is -2.14. The highest BCUT2D eigenvalue weighted by Gasteiger charge is 2.17. The van der Waals surface area contributed by atoms with Gasteiger partial charge in [0.05, 0.1) is 18.5 Å². The predicted molar refractivity (Wildman–Crippen MR) is 97.8 cm³/mol. The SMILES string of the molecule is COc1ccc(-n2nnc(C(=O)NCC3=CCNCC3)c2C)cc1.Cl. The van der Waals surface area contributed by atoms with E-state index in [0.29, 0.717) is 17.9 Å². The third kappa shape index (κ3) is 4.37. The van der Waals surface area contributed by atoms with Gasteiger partial charge in [0, 0.05) is 13.1 Å². The van der Waals surface area contributed by atoms with Crippen LogP contribution in [0.4, 0.5) is 0 Å². The largest absolute Gasteiger partial charge is 0.497 e. The second-order valence-corrected chi connectivity index (χ2v) is 5.63. The molecule has 134 valence electrons. The van der Waals surface area contributed by atoms with E-state index >= 15 is 0 Å². The fraction of sp³-hybridized carbons (Fsp3) is 0.353. The summed E-state index contributed by atoms with van der Waals surface area (Å²) >= 11 is 0. The van der Waals surface area contributed by atoms with Gasteiger partial charge in [0.2, 0.25) is 0 Å². The topological polar surface area (TPSA) is 81.1 Å². The highest BCUT2D eigenvalue weighted by molar-refractivity contribution is 5.93. The Kier molecular flexibility index (Phi) is 6.55. The van der Waals surface area contributed by atoms with E-state index in [-0.39, 0.29) is 18.3 Å². The van der Waals surface area contributed by atoms with Gasteiger partial charge in [-0.1, -0.05) is 16.9 Å². The highest BCUT2D eigenvalue weighted by atomic mass is 35.5. The van der Waals surface area contributed by atoms with Gasteiger partial charge in [-0.25, -0.2) is 4.68 Å². The first-order valence-corrected chi connectivity index (χ1v) is 7.92. The maximum absolute atomic E-state index is 12.4. The Bertz CT molecular complexity index is 755. The molecule has 1 aliphatic heterocycles. The second kappa shape index (κ2) is 8.64. The third-order valence-corrected chi connectivity index (χ3v) is 4.06. The summed E-state index contributed by atoms with van der Waals surface area (Å²) in [5.41, 5.74) is 3.13. The molecule has 0 saturated heterocycles. The van der Waals surface area contributed by atoms with Crippen molar-refractivity contribution >= 4 is 18.3 Å². The number of methoxy groups -OCH3 is 1. The lowest BCUT2D eigenvalue weighted by atomic mass is 10.1. The summed E-state index contributed by atoms with van der Waals surface area (Å²) in [5, 5.41) is 14.3. The molecule has 1 aromatic carbocycles. The standard InChI is InChI=1S/C17H21N5O2.ClH/c1-12-16(17(23)19-11-13-7-9-18-10-8-13)20-21-22(12)14-3-5-15(24-2)6-4-14;/h3-7,18H,8-11H2,1-2H3,(H,19,23);1H. The van der Waals surface area contributed by atoms with Crippen molar-refractivity contribution in [3.8, 4) is 11.4 Å². The number of ether oxygens (including phenoxy) is 1. The number of hydrogen-bond donors (Lipinski definition) is 2. The summed E-state index contributed by atoms with van der Waals surface area (Å²) < 4.78 is 6.80. The molecule has 0 fully saturated rings. The molecular weight excluding hydrogens is 342 g/mol. The number of rotatable bonds is 5. The van der Waals surface area contributed by atoms with Crippen molar-refractivity contribution in [2.24, 2.45) is 0 Å². The summed E-state index contributed by atoms with van der Waals surface area (Å²) in [6.45, 7) is 4.20. The van der Waals surface area contributed by atoms with Crippen molar-refractivity contribution in [1.29, 1.82) is 0 Å². The van der Waals surface area contributed by atoms with Gasteiger partial charge in [-0.2, -0.15) is 0 Å². The molecule has 0 atom stereocenters. The minimum absolute atomic E-state index is 0. The lowest BCUT2D eigenvalue weighted by molar-refractivity contribution is 0.0951. The van der Waals surface area contributed by atoms with E-state index in [1.165, 1.54) is 5.57 Å². The third-order valence-electron chi connectivity index (χ3n) is 4.06. The minimum atomic E-state index is -0.202. The van der Waals surface area contributed by atoms with E-state index < -0.39 is 0 Å².